The number of piperazine rings is 1. The molecular weight excluding hydrogens is 247 g/mol. The van der Waals surface area contributed by atoms with Crippen LogP contribution >= 0.6 is 0 Å². The van der Waals surface area contributed by atoms with Gasteiger partial charge in [-0.15, -0.1) is 0 Å². The molecule has 0 unspecified atom stereocenters. The Bertz CT molecular complexity index is 488. The number of nitrogens with one attached hydrogen (secondary N) is 1. The summed E-state index contributed by atoms with van der Waals surface area (Å²) in [6.45, 7) is 5.89. The van der Waals surface area contributed by atoms with Crippen LogP contribution in [0.2, 0.25) is 0 Å². The molecule has 4 nitrogen and oxygen atoms in total. The molecule has 1 fully saturated rings. The number of carbonyl (C=O) groups is 1. The molecule has 1 N–H and O–H groups in total. The average molecular weight is 266 g/mol. The van der Waals surface area contributed by atoms with Gasteiger partial charge in [0.15, 0.2) is 0 Å². The highest BCUT2D eigenvalue weighted by molar-refractivity contribution is 5.97. The lowest BCUT2D eigenvalue weighted by Gasteiger charge is -2.43. The molecule has 2 rings (SSSR count). The summed E-state index contributed by atoms with van der Waals surface area (Å²) < 4.78 is 19.1. The number of hydrogen-bond acceptors (Lipinski definition) is 3. The van der Waals surface area contributed by atoms with Crippen LogP contribution in [0.15, 0.2) is 18.2 Å². The summed E-state index contributed by atoms with van der Waals surface area (Å²) in [5, 5.41) is 3.24. The van der Waals surface area contributed by atoms with Gasteiger partial charge in [-0.25, -0.2) is 4.39 Å². The monoisotopic (exact) mass is 266 g/mol. The van der Waals surface area contributed by atoms with Gasteiger partial charge in [-0.1, -0.05) is 6.07 Å². The van der Waals surface area contributed by atoms with Gasteiger partial charge in [-0.2, -0.15) is 0 Å². The van der Waals surface area contributed by atoms with Crippen molar-refractivity contribution in [3.8, 4) is 5.75 Å². The average Bonchev–Trinajstić information content (AvgIpc) is 2.37. The van der Waals surface area contributed by atoms with Crippen molar-refractivity contribution in [2.45, 2.75) is 19.4 Å². The number of amides is 1. The second-order valence-electron chi connectivity index (χ2n) is 5.26. The SMILES string of the molecule is COc1cccc(F)c1C(=O)N1CCNCC1(C)C. The van der Waals surface area contributed by atoms with Gasteiger partial charge in [0.2, 0.25) is 0 Å². The highest BCUT2D eigenvalue weighted by Crippen LogP contribution is 2.26. The minimum Gasteiger partial charge on any atom is -0.496 e. The van der Waals surface area contributed by atoms with Crippen LogP contribution in [0.3, 0.4) is 0 Å². The first-order chi connectivity index (χ1) is 8.97. The fraction of sp³-hybridized carbons (Fsp3) is 0.500. The first-order valence-corrected chi connectivity index (χ1v) is 6.32. The molecule has 19 heavy (non-hydrogen) atoms. The Balaban J connectivity index is 2.39. The zero-order valence-electron chi connectivity index (χ0n) is 11.5. The van der Waals surface area contributed by atoms with Gasteiger partial charge < -0.3 is 15.0 Å². The molecular formula is C14H19FN2O2. The van der Waals surface area contributed by atoms with Crippen molar-refractivity contribution in [2.75, 3.05) is 26.7 Å². The van der Waals surface area contributed by atoms with Crippen molar-refractivity contribution in [3.63, 3.8) is 0 Å². The van der Waals surface area contributed by atoms with Gasteiger partial charge in [0.1, 0.15) is 17.1 Å². The fourth-order valence-corrected chi connectivity index (χ4v) is 2.38. The van der Waals surface area contributed by atoms with E-state index in [1.165, 1.54) is 19.2 Å². The van der Waals surface area contributed by atoms with Crippen LogP contribution in [0.5, 0.6) is 5.75 Å². The van der Waals surface area contributed by atoms with E-state index in [-0.39, 0.29) is 22.8 Å². The Labute approximate surface area is 112 Å². The number of methoxy groups -OCH3 is 1. The van der Waals surface area contributed by atoms with Crippen LogP contribution in [-0.2, 0) is 0 Å². The van der Waals surface area contributed by atoms with Gasteiger partial charge in [0, 0.05) is 19.6 Å². The van der Waals surface area contributed by atoms with E-state index in [0.717, 1.165) is 0 Å². The molecule has 0 saturated carbocycles. The summed E-state index contributed by atoms with van der Waals surface area (Å²) >= 11 is 0. The zero-order chi connectivity index (χ0) is 14.0. The minimum absolute atomic E-state index is 0.0139. The number of benzene rings is 1. The predicted molar refractivity (Wildman–Crippen MR) is 70.9 cm³/mol. The lowest BCUT2D eigenvalue weighted by Crippen LogP contribution is -2.60. The Hall–Kier alpha value is -1.62. The van der Waals surface area contributed by atoms with Crippen LogP contribution in [0.4, 0.5) is 4.39 Å². The first kappa shape index (κ1) is 13.8. The summed E-state index contributed by atoms with van der Waals surface area (Å²) in [4.78, 5) is 14.3. The van der Waals surface area contributed by atoms with Gasteiger partial charge in [-0.05, 0) is 26.0 Å². The Morgan fingerprint density at radius 3 is 2.84 bits per heavy atom. The molecule has 0 aromatic heterocycles. The molecule has 0 spiro atoms. The van der Waals surface area contributed by atoms with Crippen LogP contribution in [0.25, 0.3) is 0 Å². The number of nitrogens with zero attached hydrogens (tertiary/aromatic N) is 1. The third kappa shape index (κ3) is 2.56. The van der Waals surface area contributed by atoms with Crippen LogP contribution in [-0.4, -0.2) is 43.1 Å². The fourth-order valence-electron chi connectivity index (χ4n) is 2.38. The first-order valence-electron chi connectivity index (χ1n) is 6.32. The molecule has 1 heterocycles. The van der Waals surface area contributed by atoms with E-state index in [2.05, 4.69) is 5.32 Å². The molecule has 1 aliphatic heterocycles. The van der Waals surface area contributed by atoms with Crippen molar-refractivity contribution in [3.05, 3.63) is 29.6 Å². The summed E-state index contributed by atoms with van der Waals surface area (Å²) in [7, 11) is 1.44. The topological polar surface area (TPSA) is 41.6 Å². The number of hydrogen-bond donors (Lipinski definition) is 1. The third-order valence-corrected chi connectivity index (χ3v) is 3.45. The van der Waals surface area contributed by atoms with E-state index < -0.39 is 5.82 Å². The summed E-state index contributed by atoms with van der Waals surface area (Å²) in [6, 6.07) is 4.42. The highest BCUT2D eigenvalue weighted by atomic mass is 19.1. The molecule has 1 aromatic rings. The molecule has 0 bridgehead atoms. The lowest BCUT2D eigenvalue weighted by atomic mass is 9.98. The van der Waals surface area contributed by atoms with Crippen molar-refractivity contribution in [1.29, 1.82) is 0 Å². The second kappa shape index (κ2) is 5.17. The van der Waals surface area contributed by atoms with Crippen molar-refractivity contribution in [1.82, 2.24) is 10.2 Å². The van der Waals surface area contributed by atoms with Crippen LogP contribution in [0.1, 0.15) is 24.2 Å². The molecule has 1 amide bonds. The predicted octanol–water partition coefficient (Wildman–Crippen LogP) is 1.66. The highest BCUT2D eigenvalue weighted by Gasteiger charge is 2.35. The maximum atomic E-state index is 14.0. The Morgan fingerprint density at radius 2 is 2.21 bits per heavy atom. The smallest absolute Gasteiger partial charge is 0.261 e. The lowest BCUT2D eigenvalue weighted by molar-refractivity contribution is 0.0469. The van der Waals surface area contributed by atoms with Crippen molar-refractivity contribution < 1.29 is 13.9 Å². The normalized spacial score (nSPS) is 18.2. The number of halogens is 1. The van der Waals surface area contributed by atoms with Gasteiger partial charge in [0.05, 0.1) is 12.6 Å². The summed E-state index contributed by atoms with van der Waals surface area (Å²) in [5.74, 6) is -0.584. The molecule has 1 aliphatic rings. The molecule has 104 valence electrons. The van der Waals surface area contributed by atoms with Crippen molar-refractivity contribution in [2.24, 2.45) is 0 Å². The Kier molecular flexibility index (Phi) is 3.75. The maximum Gasteiger partial charge on any atom is 0.261 e. The van der Waals surface area contributed by atoms with Gasteiger partial charge in [-0.3, -0.25) is 4.79 Å². The van der Waals surface area contributed by atoms with Crippen molar-refractivity contribution >= 4 is 5.91 Å². The number of rotatable bonds is 2. The third-order valence-electron chi connectivity index (χ3n) is 3.45. The second-order valence-corrected chi connectivity index (χ2v) is 5.26. The molecule has 0 aliphatic carbocycles. The maximum absolute atomic E-state index is 14.0. The van der Waals surface area contributed by atoms with Gasteiger partial charge >= 0.3 is 0 Å². The van der Waals surface area contributed by atoms with E-state index in [1.54, 1.807) is 11.0 Å². The van der Waals surface area contributed by atoms with E-state index >= 15 is 0 Å². The number of ether oxygens (including phenoxy) is 1. The Morgan fingerprint density at radius 1 is 1.47 bits per heavy atom. The van der Waals surface area contributed by atoms with E-state index in [1.807, 2.05) is 13.8 Å². The van der Waals surface area contributed by atoms with E-state index in [9.17, 15) is 9.18 Å². The molecule has 5 heteroatoms. The van der Waals surface area contributed by atoms with Crippen LogP contribution in [0, 0.1) is 5.82 Å². The molecule has 0 radical (unpaired) electrons. The van der Waals surface area contributed by atoms with Crippen LogP contribution < -0.4 is 10.1 Å². The molecule has 1 saturated heterocycles. The number of carbonyl (C=O) groups excluding carboxylic acids is 1. The zero-order valence-corrected chi connectivity index (χ0v) is 11.5. The molecule has 1 aromatic carbocycles. The quantitative estimate of drug-likeness (QED) is 0.885. The van der Waals surface area contributed by atoms with E-state index in [0.29, 0.717) is 19.6 Å². The minimum atomic E-state index is -0.543. The summed E-state index contributed by atoms with van der Waals surface area (Å²) in [5.41, 5.74) is -0.331. The van der Waals surface area contributed by atoms with E-state index in [4.69, 9.17) is 4.74 Å². The summed E-state index contributed by atoms with van der Waals surface area (Å²) in [6.07, 6.45) is 0. The largest absolute Gasteiger partial charge is 0.496 e. The molecule has 0 atom stereocenters. The standard InChI is InChI=1S/C14H19FN2O2/c1-14(2)9-16-7-8-17(14)13(18)12-10(15)5-4-6-11(12)19-3/h4-6,16H,7-9H2,1-3H3. The van der Waals surface area contributed by atoms with Gasteiger partial charge in [0.25, 0.3) is 5.91 Å².